The monoisotopic (exact) mass is 251 g/mol. The van der Waals surface area contributed by atoms with Crippen molar-refractivity contribution in [1.29, 1.82) is 0 Å². The molecule has 0 saturated heterocycles. The molecule has 0 amide bonds. The largest absolute Gasteiger partial charge is 0.478 e. The number of carboxylic acid groups (broad SMARTS) is 1. The molecule has 6 heteroatoms. The molecule has 0 fully saturated rings. The minimum atomic E-state index is -1.17. The van der Waals surface area contributed by atoms with Crippen LogP contribution in [0, 0.1) is 11.6 Å². The van der Waals surface area contributed by atoms with E-state index in [-0.39, 0.29) is 11.1 Å². The lowest BCUT2D eigenvalue weighted by Gasteiger charge is -2.02. The van der Waals surface area contributed by atoms with Gasteiger partial charge in [-0.3, -0.25) is 9.36 Å². The Kier molecular flexibility index (Phi) is 2.93. The first-order chi connectivity index (χ1) is 8.49. The van der Waals surface area contributed by atoms with Gasteiger partial charge in [-0.25, -0.2) is 13.6 Å². The standard InChI is InChI=1S/C12H7F2NO3/c13-9-2-1-7(5-10(9)14)11(16)15-4-3-8(6-15)12(17)18/h1-6H,(H,17,18). The number of aromatic nitrogens is 1. The number of hydrogen-bond acceptors (Lipinski definition) is 2. The van der Waals surface area contributed by atoms with Crippen molar-refractivity contribution < 1.29 is 23.5 Å². The van der Waals surface area contributed by atoms with E-state index >= 15 is 0 Å². The maximum atomic E-state index is 13.0. The summed E-state index contributed by atoms with van der Waals surface area (Å²) in [5, 5.41) is 8.70. The molecular weight excluding hydrogens is 244 g/mol. The van der Waals surface area contributed by atoms with E-state index in [0.29, 0.717) is 0 Å². The van der Waals surface area contributed by atoms with Gasteiger partial charge in [-0.15, -0.1) is 0 Å². The minimum Gasteiger partial charge on any atom is -0.478 e. The maximum absolute atomic E-state index is 13.0. The number of carboxylic acids is 1. The van der Waals surface area contributed by atoms with Crippen molar-refractivity contribution in [2.75, 3.05) is 0 Å². The van der Waals surface area contributed by atoms with Crippen LogP contribution in [0.25, 0.3) is 0 Å². The third-order valence-corrected chi connectivity index (χ3v) is 2.34. The molecule has 1 N–H and O–H groups in total. The van der Waals surface area contributed by atoms with E-state index in [1.54, 1.807) is 0 Å². The molecule has 0 radical (unpaired) electrons. The molecule has 0 saturated carbocycles. The van der Waals surface area contributed by atoms with Gasteiger partial charge in [-0.1, -0.05) is 0 Å². The third kappa shape index (κ3) is 2.13. The highest BCUT2D eigenvalue weighted by atomic mass is 19.2. The molecule has 0 aliphatic heterocycles. The van der Waals surface area contributed by atoms with Crippen LogP contribution < -0.4 is 0 Å². The summed E-state index contributed by atoms with van der Waals surface area (Å²) < 4.78 is 26.7. The van der Waals surface area contributed by atoms with E-state index < -0.39 is 23.5 Å². The Morgan fingerprint density at radius 3 is 2.33 bits per heavy atom. The van der Waals surface area contributed by atoms with Gasteiger partial charge in [-0.2, -0.15) is 0 Å². The third-order valence-electron chi connectivity index (χ3n) is 2.34. The van der Waals surface area contributed by atoms with Crippen LogP contribution in [0.5, 0.6) is 0 Å². The summed E-state index contributed by atoms with van der Waals surface area (Å²) in [5.41, 5.74) is -0.132. The second kappa shape index (κ2) is 4.40. The Balaban J connectivity index is 2.35. The number of nitrogens with zero attached hydrogens (tertiary/aromatic N) is 1. The number of benzene rings is 1. The van der Waals surface area contributed by atoms with Crippen LogP contribution in [-0.2, 0) is 0 Å². The molecule has 0 atom stereocenters. The van der Waals surface area contributed by atoms with Crippen molar-refractivity contribution in [1.82, 2.24) is 4.57 Å². The SMILES string of the molecule is O=C(O)c1ccn(C(=O)c2ccc(F)c(F)c2)c1. The fourth-order valence-electron chi connectivity index (χ4n) is 1.43. The highest BCUT2D eigenvalue weighted by Crippen LogP contribution is 2.11. The first-order valence-corrected chi connectivity index (χ1v) is 4.90. The van der Waals surface area contributed by atoms with Gasteiger partial charge in [0.25, 0.3) is 5.91 Å². The molecule has 92 valence electrons. The van der Waals surface area contributed by atoms with E-state index in [2.05, 4.69) is 0 Å². The van der Waals surface area contributed by atoms with Crippen molar-refractivity contribution in [3.63, 3.8) is 0 Å². The van der Waals surface area contributed by atoms with Crippen LogP contribution in [0.3, 0.4) is 0 Å². The molecule has 0 unspecified atom stereocenters. The van der Waals surface area contributed by atoms with Crippen molar-refractivity contribution in [3.8, 4) is 0 Å². The van der Waals surface area contributed by atoms with Crippen LogP contribution >= 0.6 is 0 Å². The number of rotatable bonds is 2. The van der Waals surface area contributed by atoms with Crippen molar-refractivity contribution in [3.05, 3.63) is 59.4 Å². The molecule has 2 aromatic rings. The van der Waals surface area contributed by atoms with Gasteiger partial charge < -0.3 is 5.11 Å². The molecule has 18 heavy (non-hydrogen) atoms. The number of carbonyl (C=O) groups is 2. The molecule has 1 heterocycles. The van der Waals surface area contributed by atoms with Gasteiger partial charge >= 0.3 is 5.97 Å². The topological polar surface area (TPSA) is 59.3 Å². The smallest absolute Gasteiger partial charge is 0.337 e. The van der Waals surface area contributed by atoms with E-state index in [1.807, 2.05) is 0 Å². The van der Waals surface area contributed by atoms with E-state index in [0.717, 1.165) is 29.0 Å². The fraction of sp³-hybridized carbons (Fsp3) is 0. The van der Waals surface area contributed by atoms with Crippen LogP contribution in [-0.4, -0.2) is 21.6 Å². The highest BCUT2D eigenvalue weighted by Gasteiger charge is 2.13. The summed E-state index contributed by atoms with van der Waals surface area (Å²) in [6.07, 6.45) is 2.35. The quantitative estimate of drug-likeness (QED) is 0.889. The summed E-state index contributed by atoms with van der Waals surface area (Å²) >= 11 is 0. The van der Waals surface area contributed by atoms with E-state index in [4.69, 9.17) is 5.11 Å². The molecule has 0 aliphatic carbocycles. The van der Waals surface area contributed by atoms with Gasteiger partial charge in [0.05, 0.1) is 5.56 Å². The predicted molar refractivity (Wildman–Crippen MR) is 57.5 cm³/mol. The van der Waals surface area contributed by atoms with Crippen LogP contribution in [0.4, 0.5) is 8.78 Å². The lowest BCUT2D eigenvalue weighted by Crippen LogP contribution is -2.10. The minimum absolute atomic E-state index is 0.0640. The number of halogens is 2. The Labute approximate surface area is 100 Å². The Hall–Kier alpha value is -2.50. The van der Waals surface area contributed by atoms with Gasteiger partial charge in [0.2, 0.25) is 0 Å². The van der Waals surface area contributed by atoms with Gasteiger partial charge in [0.15, 0.2) is 11.6 Å². The second-order valence-corrected chi connectivity index (χ2v) is 3.55. The summed E-state index contributed by atoms with van der Waals surface area (Å²) in [4.78, 5) is 22.5. The zero-order chi connectivity index (χ0) is 13.3. The number of aromatic carboxylic acids is 1. The Morgan fingerprint density at radius 1 is 1.06 bits per heavy atom. The molecular formula is C12H7F2NO3. The van der Waals surface area contributed by atoms with Crippen molar-refractivity contribution >= 4 is 11.9 Å². The molecule has 4 nitrogen and oxygen atoms in total. The lowest BCUT2D eigenvalue weighted by atomic mass is 10.2. The fourth-order valence-corrected chi connectivity index (χ4v) is 1.43. The van der Waals surface area contributed by atoms with Crippen LogP contribution in [0.1, 0.15) is 20.7 Å². The maximum Gasteiger partial charge on any atom is 0.337 e. The Morgan fingerprint density at radius 2 is 1.78 bits per heavy atom. The van der Waals surface area contributed by atoms with Crippen molar-refractivity contribution in [2.24, 2.45) is 0 Å². The zero-order valence-corrected chi connectivity index (χ0v) is 8.93. The predicted octanol–water partition coefficient (Wildman–Crippen LogP) is 2.15. The molecule has 0 spiro atoms. The molecule has 1 aromatic carbocycles. The van der Waals surface area contributed by atoms with Crippen molar-refractivity contribution in [2.45, 2.75) is 0 Å². The van der Waals surface area contributed by atoms with Gasteiger partial charge in [0.1, 0.15) is 0 Å². The lowest BCUT2D eigenvalue weighted by molar-refractivity contribution is 0.0697. The molecule has 0 aliphatic rings. The number of carbonyl (C=O) groups excluding carboxylic acids is 1. The highest BCUT2D eigenvalue weighted by molar-refractivity contribution is 5.97. The average molecular weight is 251 g/mol. The second-order valence-electron chi connectivity index (χ2n) is 3.55. The zero-order valence-electron chi connectivity index (χ0n) is 8.93. The molecule has 0 bridgehead atoms. The summed E-state index contributed by atoms with van der Waals surface area (Å²) in [6.45, 7) is 0. The molecule has 2 rings (SSSR count). The first-order valence-electron chi connectivity index (χ1n) is 4.90. The Bertz CT molecular complexity index is 634. The first kappa shape index (κ1) is 12.0. The number of hydrogen-bond donors (Lipinski definition) is 1. The van der Waals surface area contributed by atoms with Gasteiger partial charge in [0, 0.05) is 18.0 Å². The van der Waals surface area contributed by atoms with Crippen LogP contribution in [0.15, 0.2) is 36.7 Å². The average Bonchev–Trinajstić information content (AvgIpc) is 2.81. The van der Waals surface area contributed by atoms with E-state index in [1.165, 1.54) is 12.3 Å². The summed E-state index contributed by atoms with van der Waals surface area (Å²) in [5.74, 6) is -4.00. The molecule has 1 aromatic heterocycles. The van der Waals surface area contributed by atoms with Crippen LogP contribution in [0.2, 0.25) is 0 Å². The van der Waals surface area contributed by atoms with Gasteiger partial charge in [-0.05, 0) is 24.3 Å². The summed E-state index contributed by atoms with van der Waals surface area (Å²) in [6, 6.07) is 3.96. The van der Waals surface area contributed by atoms with E-state index in [9.17, 15) is 18.4 Å². The normalized spacial score (nSPS) is 10.3. The summed E-state index contributed by atoms with van der Waals surface area (Å²) in [7, 11) is 0.